The van der Waals surface area contributed by atoms with E-state index in [9.17, 15) is 9.59 Å². The summed E-state index contributed by atoms with van der Waals surface area (Å²) in [6.45, 7) is 6.17. The van der Waals surface area contributed by atoms with Crippen molar-refractivity contribution < 1.29 is 9.59 Å². The van der Waals surface area contributed by atoms with Crippen molar-refractivity contribution >= 4 is 11.8 Å². The van der Waals surface area contributed by atoms with Gasteiger partial charge < -0.3 is 16.0 Å². The van der Waals surface area contributed by atoms with Crippen LogP contribution in [-0.4, -0.2) is 29.9 Å². The molecule has 0 spiro atoms. The SMILES string of the molecule is CC(C)NC(=O)C(C)NC(=O)[C@@H]1Cc2ccccc2CN1. The average molecular weight is 289 g/mol. The van der Waals surface area contributed by atoms with E-state index < -0.39 is 6.04 Å². The highest BCUT2D eigenvalue weighted by molar-refractivity contribution is 5.89. The molecule has 1 aliphatic heterocycles. The summed E-state index contributed by atoms with van der Waals surface area (Å²) in [6, 6.07) is 7.35. The number of fused-ring (bicyclic) bond motifs is 1. The van der Waals surface area contributed by atoms with Gasteiger partial charge in [0.15, 0.2) is 0 Å². The smallest absolute Gasteiger partial charge is 0.242 e. The molecule has 0 radical (unpaired) electrons. The molecule has 1 unspecified atom stereocenters. The highest BCUT2D eigenvalue weighted by atomic mass is 16.2. The van der Waals surface area contributed by atoms with Crippen molar-refractivity contribution in [3.63, 3.8) is 0 Å². The highest BCUT2D eigenvalue weighted by Crippen LogP contribution is 2.16. The maximum absolute atomic E-state index is 12.3. The minimum Gasteiger partial charge on any atom is -0.352 e. The van der Waals surface area contributed by atoms with Gasteiger partial charge in [0.2, 0.25) is 11.8 Å². The molecule has 2 amide bonds. The second kappa shape index (κ2) is 6.72. The molecule has 0 fully saturated rings. The fourth-order valence-corrected chi connectivity index (χ4v) is 2.43. The van der Waals surface area contributed by atoms with Crippen LogP contribution in [0.25, 0.3) is 0 Å². The quantitative estimate of drug-likeness (QED) is 0.765. The Morgan fingerprint density at radius 3 is 2.48 bits per heavy atom. The fraction of sp³-hybridized carbons (Fsp3) is 0.500. The van der Waals surface area contributed by atoms with Gasteiger partial charge in [-0.1, -0.05) is 24.3 Å². The lowest BCUT2D eigenvalue weighted by Crippen LogP contribution is -2.53. The van der Waals surface area contributed by atoms with Crippen molar-refractivity contribution in [2.24, 2.45) is 0 Å². The van der Waals surface area contributed by atoms with Crippen LogP contribution in [0.2, 0.25) is 0 Å². The Hall–Kier alpha value is -1.88. The van der Waals surface area contributed by atoms with Crippen LogP contribution in [0.4, 0.5) is 0 Å². The van der Waals surface area contributed by atoms with Crippen LogP contribution >= 0.6 is 0 Å². The number of rotatable bonds is 4. The molecule has 0 aliphatic carbocycles. The predicted octanol–water partition coefficient (Wildman–Crippen LogP) is 0.730. The molecule has 114 valence electrons. The topological polar surface area (TPSA) is 70.2 Å². The number of hydrogen-bond donors (Lipinski definition) is 3. The Morgan fingerprint density at radius 1 is 1.14 bits per heavy atom. The lowest BCUT2D eigenvalue weighted by molar-refractivity contribution is -0.130. The fourth-order valence-electron chi connectivity index (χ4n) is 2.43. The molecular formula is C16H23N3O2. The van der Waals surface area contributed by atoms with Gasteiger partial charge in [-0.05, 0) is 38.3 Å². The molecule has 0 saturated heterocycles. The van der Waals surface area contributed by atoms with Gasteiger partial charge >= 0.3 is 0 Å². The second-order valence-electron chi connectivity index (χ2n) is 5.80. The average Bonchev–Trinajstić information content (AvgIpc) is 2.45. The first-order chi connectivity index (χ1) is 9.97. The van der Waals surface area contributed by atoms with E-state index in [1.165, 1.54) is 11.1 Å². The number of carbonyl (C=O) groups excluding carboxylic acids is 2. The van der Waals surface area contributed by atoms with Gasteiger partial charge in [-0.15, -0.1) is 0 Å². The first-order valence-electron chi connectivity index (χ1n) is 7.38. The van der Waals surface area contributed by atoms with E-state index in [1.54, 1.807) is 6.92 Å². The molecule has 5 nitrogen and oxygen atoms in total. The molecule has 2 rings (SSSR count). The van der Waals surface area contributed by atoms with E-state index in [2.05, 4.69) is 22.0 Å². The van der Waals surface area contributed by atoms with Crippen molar-refractivity contribution in [1.29, 1.82) is 0 Å². The zero-order chi connectivity index (χ0) is 15.4. The van der Waals surface area contributed by atoms with Crippen molar-refractivity contribution in [3.05, 3.63) is 35.4 Å². The number of amides is 2. The summed E-state index contributed by atoms with van der Waals surface area (Å²) in [5.41, 5.74) is 2.42. The van der Waals surface area contributed by atoms with Gasteiger partial charge in [0.1, 0.15) is 6.04 Å². The summed E-state index contributed by atoms with van der Waals surface area (Å²) in [6.07, 6.45) is 0.653. The van der Waals surface area contributed by atoms with Gasteiger partial charge in [0.25, 0.3) is 0 Å². The minimum atomic E-state index is -0.529. The van der Waals surface area contributed by atoms with E-state index >= 15 is 0 Å². The van der Waals surface area contributed by atoms with Crippen LogP contribution in [0.15, 0.2) is 24.3 Å². The first kappa shape index (κ1) is 15.5. The zero-order valence-electron chi connectivity index (χ0n) is 12.8. The standard InChI is InChI=1S/C16H23N3O2/c1-10(2)18-15(20)11(3)19-16(21)14-8-12-6-4-5-7-13(12)9-17-14/h4-7,10-11,14,17H,8-9H2,1-3H3,(H,18,20)(H,19,21)/t11?,14-/m0/s1. The van der Waals surface area contributed by atoms with Crippen LogP contribution in [0.5, 0.6) is 0 Å². The minimum absolute atomic E-state index is 0.0662. The molecule has 0 aromatic heterocycles. The summed E-state index contributed by atoms with van der Waals surface area (Å²) in [5, 5.41) is 8.78. The van der Waals surface area contributed by atoms with Crippen molar-refractivity contribution in [2.45, 2.75) is 51.9 Å². The molecule has 5 heteroatoms. The maximum Gasteiger partial charge on any atom is 0.242 e. The molecule has 3 N–H and O–H groups in total. The van der Waals surface area contributed by atoms with Gasteiger partial charge in [-0.25, -0.2) is 0 Å². The Bertz CT molecular complexity index is 528. The third-order valence-corrected chi connectivity index (χ3v) is 3.58. The van der Waals surface area contributed by atoms with Crippen molar-refractivity contribution in [3.8, 4) is 0 Å². The molecule has 0 bridgehead atoms. The number of benzene rings is 1. The Balaban J connectivity index is 1.91. The summed E-state index contributed by atoms with van der Waals surface area (Å²) in [7, 11) is 0. The van der Waals surface area contributed by atoms with E-state index in [1.807, 2.05) is 32.0 Å². The monoisotopic (exact) mass is 289 g/mol. The largest absolute Gasteiger partial charge is 0.352 e. The third kappa shape index (κ3) is 4.04. The molecule has 21 heavy (non-hydrogen) atoms. The van der Waals surface area contributed by atoms with E-state index in [-0.39, 0.29) is 23.9 Å². The van der Waals surface area contributed by atoms with Crippen LogP contribution in [0, 0.1) is 0 Å². The lowest BCUT2D eigenvalue weighted by atomic mass is 9.95. The zero-order valence-corrected chi connectivity index (χ0v) is 12.8. The molecule has 2 atom stereocenters. The highest BCUT2D eigenvalue weighted by Gasteiger charge is 2.26. The molecular weight excluding hydrogens is 266 g/mol. The van der Waals surface area contributed by atoms with Crippen molar-refractivity contribution in [1.82, 2.24) is 16.0 Å². The van der Waals surface area contributed by atoms with E-state index in [0.29, 0.717) is 13.0 Å². The molecule has 0 saturated carbocycles. The molecule has 1 heterocycles. The summed E-state index contributed by atoms with van der Waals surface area (Å²) in [5.74, 6) is -0.287. The first-order valence-corrected chi connectivity index (χ1v) is 7.38. The van der Waals surface area contributed by atoms with Gasteiger partial charge in [-0.3, -0.25) is 9.59 Å². The number of nitrogens with one attached hydrogen (secondary N) is 3. The normalized spacial score (nSPS) is 18.8. The van der Waals surface area contributed by atoms with Crippen LogP contribution < -0.4 is 16.0 Å². The molecule has 1 aliphatic rings. The number of hydrogen-bond acceptors (Lipinski definition) is 3. The van der Waals surface area contributed by atoms with Gasteiger partial charge in [0, 0.05) is 12.6 Å². The summed E-state index contributed by atoms with van der Waals surface area (Å²) in [4.78, 5) is 24.1. The lowest BCUT2D eigenvalue weighted by Gasteiger charge is -2.26. The molecule has 1 aromatic carbocycles. The Labute approximate surface area is 125 Å². The van der Waals surface area contributed by atoms with Crippen LogP contribution in [0.1, 0.15) is 31.9 Å². The Morgan fingerprint density at radius 2 is 1.81 bits per heavy atom. The van der Waals surface area contributed by atoms with Gasteiger partial charge in [-0.2, -0.15) is 0 Å². The summed E-state index contributed by atoms with van der Waals surface area (Å²) < 4.78 is 0. The van der Waals surface area contributed by atoms with Crippen LogP contribution in [0.3, 0.4) is 0 Å². The van der Waals surface area contributed by atoms with E-state index in [4.69, 9.17) is 0 Å². The van der Waals surface area contributed by atoms with E-state index in [0.717, 1.165) is 0 Å². The van der Waals surface area contributed by atoms with Crippen molar-refractivity contribution in [2.75, 3.05) is 0 Å². The molecule has 1 aromatic rings. The van der Waals surface area contributed by atoms with Gasteiger partial charge in [0.05, 0.1) is 6.04 Å². The predicted molar refractivity (Wildman–Crippen MR) is 81.7 cm³/mol. The number of carbonyl (C=O) groups is 2. The third-order valence-electron chi connectivity index (χ3n) is 3.58. The Kier molecular flexibility index (Phi) is 4.96. The second-order valence-corrected chi connectivity index (χ2v) is 5.80. The van der Waals surface area contributed by atoms with Crippen LogP contribution in [-0.2, 0) is 22.6 Å². The summed E-state index contributed by atoms with van der Waals surface area (Å²) >= 11 is 0. The maximum atomic E-state index is 12.3.